The van der Waals surface area contributed by atoms with Crippen molar-refractivity contribution in [3.8, 4) is 5.75 Å². The number of halogens is 5. The number of H-pyrrole nitrogens is 1. The van der Waals surface area contributed by atoms with E-state index < -0.39 is 37.4 Å². The number of aromatic amines is 1. The van der Waals surface area contributed by atoms with E-state index in [0.717, 1.165) is 0 Å². The molecule has 96 valence electrons. The maximum Gasteiger partial charge on any atom is 0.573 e. The zero-order chi connectivity index (χ0) is 13.4. The number of alkyl halides is 3. The van der Waals surface area contributed by atoms with E-state index in [-0.39, 0.29) is 6.20 Å². The number of ether oxygens (including phenoxy) is 1. The SMILES string of the molecule is O=c1c(OC(F)(F)F)c[nH]c(S(=O)(=O)Cl)c1F. The van der Waals surface area contributed by atoms with Crippen molar-refractivity contribution >= 4 is 19.7 Å². The second-order valence-electron chi connectivity index (χ2n) is 2.61. The van der Waals surface area contributed by atoms with Crippen molar-refractivity contribution in [1.29, 1.82) is 0 Å². The average Bonchev–Trinajstić information content (AvgIpc) is 2.08. The van der Waals surface area contributed by atoms with E-state index in [0.29, 0.717) is 0 Å². The molecule has 0 bridgehead atoms. The van der Waals surface area contributed by atoms with Crippen molar-refractivity contribution in [2.75, 3.05) is 0 Å². The van der Waals surface area contributed by atoms with Crippen LogP contribution in [0.3, 0.4) is 0 Å². The Hall–Kier alpha value is -1.29. The van der Waals surface area contributed by atoms with Gasteiger partial charge in [0.15, 0.2) is 10.8 Å². The molecule has 0 saturated carbocycles. The normalized spacial score (nSPS) is 12.5. The summed E-state index contributed by atoms with van der Waals surface area (Å²) in [4.78, 5) is 12.6. The van der Waals surface area contributed by atoms with Gasteiger partial charge in [0.05, 0.1) is 0 Å². The molecule has 0 unspecified atom stereocenters. The van der Waals surface area contributed by atoms with Crippen LogP contribution < -0.4 is 10.2 Å². The van der Waals surface area contributed by atoms with Crippen LogP contribution in [-0.4, -0.2) is 19.8 Å². The maximum absolute atomic E-state index is 13.1. The fraction of sp³-hybridized carbons (Fsp3) is 0.167. The van der Waals surface area contributed by atoms with Crippen LogP contribution in [0.4, 0.5) is 17.6 Å². The minimum Gasteiger partial charge on any atom is -0.400 e. The van der Waals surface area contributed by atoms with E-state index in [1.807, 2.05) is 0 Å². The van der Waals surface area contributed by atoms with Gasteiger partial charge in [-0.2, -0.15) is 4.39 Å². The van der Waals surface area contributed by atoms with E-state index in [2.05, 4.69) is 4.74 Å². The van der Waals surface area contributed by atoms with E-state index >= 15 is 0 Å². The monoisotopic (exact) mass is 295 g/mol. The Morgan fingerprint density at radius 2 is 1.88 bits per heavy atom. The van der Waals surface area contributed by atoms with Crippen LogP contribution in [-0.2, 0) is 9.05 Å². The highest BCUT2D eigenvalue weighted by molar-refractivity contribution is 8.13. The minimum absolute atomic E-state index is 0.244. The van der Waals surface area contributed by atoms with E-state index in [1.165, 1.54) is 0 Å². The van der Waals surface area contributed by atoms with Crippen molar-refractivity contribution in [2.45, 2.75) is 11.4 Å². The summed E-state index contributed by atoms with van der Waals surface area (Å²) < 4.78 is 72.9. The van der Waals surface area contributed by atoms with Gasteiger partial charge >= 0.3 is 6.36 Å². The molecule has 0 fully saturated rings. The molecule has 0 amide bonds. The number of nitrogens with one attached hydrogen (secondary N) is 1. The first-order valence-electron chi connectivity index (χ1n) is 3.64. The first-order valence-corrected chi connectivity index (χ1v) is 5.95. The molecule has 0 aliphatic rings. The Labute approximate surface area is 95.4 Å². The van der Waals surface area contributed by atoms with Gasteiger partial charge in [0, 0.05) is 16.9 Å². The second kappa shape index (κ2) is 4.18. The first kappa shape index (κ1) is 13.8. The molecular weight excluding hydrogens is 294 g/mol. The van der Waals surface area contributed by atoms with Gasteiger partial charge in [-0.3, -0.25) is 4.79 Å². The topological polar surface area (TPSA) is 76.2 Å². The maximum atomic E-state index is 13.1. The molecule has 1 aromatic rings. The molecule has 0 aliphatic carbocycles. The third-order valence-electron chi connectivity index (χ3n) is 1.43. The summed E-state index contributed by atoms with van der Waals surface area (Å²) in [5, 5.41) is -1.33. The molecule has 1 N–H and O–H groups in total. The molecule has 0 saturated heterocycles. The predicted octanol–water partition coefficient (Wildman–Crippen LogP) is 1.34. The largest absolute Gasteiger partial charge is 0.573 e. The standard InChI is InChI=1S/C6H2ClF4NO4S/c7-17(14,15)5-3(8)4(13)2(1-12-5)16-6(9,10)11/h1H,(H,12,13). The van der Waals surface area contributed by atoms with Gasteiger partial charge < -0.3 is 9.72 Å². The van der Waals surface area contributed by atoms with Gasteiger partial charge in [0.2, 0.25) is 5.82 Å². The van der Waals surface area contributed by atoms with Crippen LogP contribution in [0.1, 0.15) is 0 Å². The molecule has 5 nitrogen and oxygen atoms in total. The number of pyridine rings is 1. The van der Waals surface area contributed by atoms with Crippen molar-refractivity contribution in [3.05, 3.63) is 22.2 Å². The lowest BCUT2D eigenvalue weighted by Crippen LogP contribution is -2.24. The van der Waals surface area contributed by atoms with Crippen LogP contribution >= 0.6 is 10.7 Å². The number of hydrogen-bond donors (Lipinski definition) is 1. The summed E-state index contributed by atoms with van der Waals surface area (Å²) in [6.07, 6.45) is -4.96. The fourth-order valence-corrected chi connectivity index (χ4v) is 1.69. The third-order valence-corrected chi connectivity index (χ3v) is 2.67. The van der Waals surface area contributed by atoms with Gasteiger partial charge in [-0.25, -0.2) is 8.42 Å². The smallest absolute Gasteiger partial charge is 0.400 e. The molecule has 0 atom stereocenters. The van der Waals surface area contributed by atoms with Crippen molar-refractivity contribution < 1.29 is 30.7 Å². The van der Waals surface area contributed by atoms with Crippen LogP contribution in [0.2, 0.25) is 0 Å². The zero-order valence-corrected chi connectivity index (χ0v) is 9.08. The van der Waals surface area contributed by atoms with Crippen molar-refractivity contribution in [3.63, 3.8) is 0 Å². The predicted molar refractivity (Wildman–Crippen MR) is 46.7 cm³/mol. The molecule has 1 heterocycles. The quantitative estimate of drug-likeness (QED) is 0.660. The Kier molecular flexibility index (Phi) is 3.39. The molecule has 0 aromatic carbocycles. The Morgan fingerprint density at radius 3 is 2.29 bits per heavy atom. The number of rotatable bonds is 2. The van der Waals surface area contributed by atoms with E-state index in [9.17, 15) is 30.8 Å². The molecule has 1 rings (SSSR count). The molecule has 17 heavy (non-hydrogen) atoms. The molecule has 0 radical (unpaired) electrons. The lowest BCUT2D eigenvalue weighted by atomic mass is 10.4. The summed E-state index contributed by atoms with van der Waals surface area (Å²) in [7, 11) is 0.109. The highest BCUT2D eigenvalue weighted by Crippen LogP contribution is 2.21. The lowest BCUT2D eigenvalue weighted by Gasteiger charge is -2.08. The Balaban J connectivity index is 3.36. The fourth-order valence-electron chi connectivity index (χ4n) is 0.849. The van der Waals surface area contributed by atoms with Gasteiger partial charge in [-0.05, 0) is 0 Å². The van der Waals surface area contributed by atoms with E-state index in [1.54, 1.807) is 4.98 Å². The van der Waals surface area contributed by atoms with Crippen molar-refractivity contribution in [1.82, 2.24) is 4.98 Å². The molecular formula is C6H2ClF4NO4S. The van der Waals surface area contributed by atoms with Crippen molar-refractivity contribution in [2.24, 2.45) is 0 Å². The second-order valence-corrected chi connectivity index (χ2v) is 5.11. The zero-order valence-electron chi connectivity index (χ0n) is 7.51. The third kappa shape index (κ3) is 3.33. The molecule has 0 aliphatic heterocycles. The molecule has 11 heteroatoms. The molecule has 1 aromatic heterocycles. The van der Waals surface area contributed by atoms with Crippen LogP contribution in [0.25, 0.3) is 0 Å². The van der Waals surface area contributed by atoms with Crippen LogP contribution in [0.15, 0.2) is 16.0 Å². The van der Waals surface area contributed by atoms with Crippen LogP contribution in [0.5, 0.6) is 5.75 Å². The van der Waals surface area contributed by atoms with Crippen LogP contribution in [0, 0.1) is 5.82 Å². The Bertz CT molecular complexity index is 593. The summed E-state index contributed by atoms with van der Waals surface area (Å²) in [6.45, 7) is 0. The highest BCUT2D eigenvalue weighted by atomic mass is 35.7. The first-order chi connectivity index (χ1) is 7.52. The average molecular weight is 296 g/mol. The summed E-state index contributed by atoms with van der Waals surface area (Å²) in [6, 6.07) is 0. The molecule has 0 spiro atoms. The van der Waals surface area contributed by atoms with Gasteiger partial charge in [-0.1, -0.05) is 0 Å². The number of aromatic nitrogens is 1. The van der Waals surface area contributed by atoms with Gasteiger partial charge in [0.1, 0.15) is 0 Å². The van der Waals surface area contributed by atoms with Gasteiger partial charge in [-0.15, -0.1) is 13.2 Å². The van der Waals surface area contributed by atoms with E-state index in [4.69, 9.17) is 10.7 Å². The van der Waals surface area contributed by atoms with Gasteiger partial charge in [0.25, 0.3) is 14.5 Å². The minimum atomic E-state index is -5.21. The lowest BCUT2D eigenvalue weighted by molar-refractivity contribution is -0.275. The Morgan fingerprint density at radius 1 is 1.35 bits per heavy atom. The summed E-state index contributed by atoms with van der Waals surface area (Å²) >= 11 is 0. The summed E-state index contributed by atoms with van der Waals surface area (Å²) in [5.41, 5.74) is -1.87. The summed E-state index contributed by atoms with van der Waals surface area (Å²) in [5.74, 6) is -3.42. The highest BCUT2D eigenvalue weighted by Gasteiger charge is 2.33. The number of hydrogen-bond acceptors (Lipinski definition) is 4.